The molecular formula is C7H9BrFNO2. The van der Waals surface area contributed by atoms with E-state index in [1.54, 1.807) is 0 Å². The van der Waals surface area contributed by atoms with Crippen LogP contribution in [0.5, 0.6) is 0 Å². The lowest BCUT2D eigenvalue weighted by Crippen LogP contribution is -2.35. The topological polar surface area (TPSA) is 40.5 Å². The normalized spacial score (nSPS) is 17.8. The number of amides is 1. The lowest BCUT2D eigenvalue weighted by molar-refractivity contribution is 0.141. The summed E-state index contributed by atoms with van der Waals surface area (Å²) in [5, 5.41) is 8.57. The second-order valence-corrected chi connectivity index (χ2v) is 3.33. The number of halogens is 2. The van der Waals surface area contributed by atoms with Crippen LogP contribution in [0.4, 0.5) is 9.18 Å². The first-order valence-corrected chi connectivity index (χ1v) is 4.41. The Morgan fingerprint density at radius 2 is 2.00 bits per heavy atom. The minimum Gasteiger partial charge on any atom is -0.465 e. The van der Waals surface area contributed by atoms with Gasteiger partial charge in [0.1, 0.15) is 0 Å². The molecule has 1 N–H and O–H groups in total. The molecular weight excluding hydrogens is 229 g/mol. The van der Waals surface area contributed by atoms with Crippen molar-refractivity contribution in [3.05, 3.63) is 10.3 Å². The third-order valence-electron chi connectivity index (χ3n) is 1.90. The van der Waals surface area contributed by atoms with Crippen LogP contribution in [0.2, 0.25) is 0 Å². The second kappa shape index (κ2) is 3.89. The van der Waals surface area contributed by atoms with Crippen LogP contribution in [0.3, 0.4) is 0 Å². The predicted molar refractivity (Wildman–Crippen MR) is 45.9 cm³/mol. The van der Waals surface area contributed by atoms with Gasteiger partial charge in [0.15, 0.2) is 4.74 Å². The van der Waals surface area contributed by atoms with Gasteiger partial charge in [0.05, 0.1) is 0 Å². The van der Waals surface area contributed by atoms with Crippen molar-refractivity contribution in [2.45, 2.75) is 12.8 Å². The summed E-state index contributed by atoms with van der Waals surface area (Å²) >= 11 is 2.74. The number of piperidine rings is 1. The van der Waals surface area contributed by atoms with Gasteiger partial charge in [-0.3, -0.25) is 0 Å². The molecule has 0 bridgehead atoms. The SMILES string of the molecule is O=C(O)N1CCC(=C(F)Br)CC1. The summed E-state index contributed by atoms with van der Waals surface area (Å²) in [5.41, 5.74) is 0.674. The monoisotopic (exact) mass is 237 g/mol. The van der Waals surface area contributed by atoms with Crippen LogP contribution in [-0.2, 0) is 0 Å². The van der Waals surface area contributed by atoms with Gasteiger partial charge < -0.3 is 10.0 Å². The first-order chi connectivity index (χ1) is 5.61. The van der Waals surface area contributed by atoms with E-state index in [0.717, 1.165) is 0 Å². The highest BCUT2D eigenvalue weighted by molar-refractivity contribution is 9.11. The van der Waals surface area contributed by atoms with E-state index in [0.29, 0.717) is 31.5 Å². The Labute approximate surface area is 78.0 Å². The van der Waals surface area contributed by atoms with Crippen LogP contribution in [0, 0.1) is 0 Å². The number of nitrogens with zero attached hydrogens (tertiary/aromatic N) is 1. The second-order valence-electron chi connectivity index (χ2n) is 2.63. The molecule has 1 saturated heterocycles. The van der Waals surface area contributed by atoms with Crippen LogP contribution in [0.1, 0.15) is 12.8 Å². The highest BCUT2D eigenvalue weighted by atomic mass is 79.9. The zero-order valence-corrected chi connectivity index (χ0v) is 7.97. The van der Waals surface area contributed by atoms with Crippen molar-refractivity contribution in [1.82, 2.24) is 4.90 Å². The quantitative estimate of drug-likeness (QED) is 0.703. The lowest BCUT2D eigenvalue weighted by atomic mass is 10.1. The molecule has 1 aliphatic heterocycles. The van der Waals surface area contributed by atoms with Crippen LogP contribution in [0.15, 0.2) is 10.3 Å². The summed E-state index contributed by atoms with van der Waals surface area (Å²) in [6.07, 6.45) is 0.0521. The molecule has 0 atom stereocenters. The van der Waals surface area contributed by atoms with E-state index in [1.807, 2.05) is 0 Å². The Hall–Kier alpha value is -0.580. The molecule has 0 aromatic rings. The summed E-state index contributed by atoms with van der Waals surface area (Å²) < 4.78 is 12.2. The molecule has 68 valence electrons. The molecule has 0 aromatic heterocycles. The van der Waals surface area contributed by atoms with Gasteiger partial charge in [0.25, 0.3) is 0 Å². The molecule has 1 fully saturated rings. The molecule has 1 amide bonds. The minimum absolute atomic E-state index is 0.340. The van der Waals surface area contributed by atoms with Gasteiger partial charge in [-0.15, -0.1) is 0 Å². The van der Waals surface area contributed by atoms with Crippen molar-refractivity contribution < 1.29 is 14.3 Å². The summed E-state index contributed by atoms with van der Waals surface area (Å²) in [4.78, 5) is 11.7. The molecule has 12 heavy (non-hydrogen) atoms. The Bertz CT molecular complexity index is 215. The zero-order chi connectivity index (χ0) is 9.14. The molecule has 0 saturated carbocycles. The van der Waals surface area contributed by atoms with Crippen molar-refractivity contribution in [1.29, 1.82) is 0 Å². The molecule has 0 radical (unpaired) electrons. The van der Waals surface area contributed by atoms with Gasteiger partial charge in [-0.2, -0.15) is 4.39 Å². The molecule has 1 heterocycles. The Balaban J connectivity index is 2.51. The third-order valence-corrected chi connectivity index (χ3v) is 2.47. The van der Waals surface area contributed by atoms with Gasteiger partial charge in [-0.25, -0.2) is 4.79 Å². The van der Waals surface area contributed by atoms with Crippen LogP contribution in [0.25, 0.3) is 0 Å². The van der Waals surface area contributed by atoms with E-state index in [4.69, 9.17) is 5.11 Å². The minimum atomic E-state index is -0.927. The molecule has 1 rings (SSSR count). The molecule has 1 aliphatic rings. The predicted octanol–water partition coefficient (Wildman–Crippen LogP) is 2.34. The van der Waals surface area contributed by atoms with Gasteiger partial charge >= 0.3 is 6.09 Å². The molecule has 0 spiro atoms. The van der Waals surface area contributed by atoms with Crippen molar-refractivity contribution in [3.8, 4) is 0 Å². The Morgan fingerprint density at radius 3 is 2.33 bits per heavy atom. The van der Waals surface area contributed by atoms with E-state index < -0.39 is 6.09 Å². The summed E-state index contributed by atoms with van der Waals surface area (Å²) in [6, 6.07) is 0. The van der Waals surface area contributed by atoms with E-state index in [-0.39, 0.29) is 4.74 Å². The van der Waals surface area contributed by atoms with Crippen LogP contribution >= 0.6 is 15.9 Å². The zero-order valence-electron chi connectivity index (χ0n) is 6.39. The average Bonchev–Trinajstić information content (AvgIpc) is 2.04. The van der Waals surface area contributed by atoms with E-state index in [2.05, 4.69) is 15.9 Å². The van der Waals surface area contributed by atoms with E-state index in [1.165, 1.54) is 4.90 Å². The van der Waals surface area contributed by atoms with Crippen molar-refractivity contribution >= 4 is 22.0 Å². The maximum absolute atomic E-state index is 12.5. The van der Waals surface area contributed by atoms with Gasteiger partial charge in [-0.05, 0) is 34.3 Å². The fraction of sp³-hybridized carbons (Fsp3) is 0.571. The average molecular weight is 238 g/mol. The van der Waals surface area contributed by atoms with Gasteiger partial charge in [0.2, 0.25) is 0 Å². The molecule has 0 aromatic carbocycles. The van der Waals surface area contributed by atoms with Crippen molar-refractivity contribution in [2.75, 3.05) is 13.1 Å². The number of rotatable bonds is 0. The largest absolute Gasteiger partial charge is 0.465 e. The highest BCUT2D eigenvalue weighted by Crippen LogP contribution is 2.23. The van der Waals surface area contributed by atoms with E-state index in [9.17, 15) is 9.18 Å². The first kappa shape index (κ1) is 9.51. The summed E-state index contributed by atoms with van der Waals surface area (Å²) in [6.45, 7) is 0.785. The van der Waals surface area contributed by atoms with Crippen LogP contribution in [-0.4, -0.2) is 29.2 Å². The van der Waals surface area contributed by atoms with E-state index >= 15 is 0 Å². The number of hydrogen-bond acceptors (Lipinski definition) is 1. The first-order valence-electron chi connectivity index (χ1n) is 3.62. The Kier molecular flexibility index (Phi) is 3.08. The Morgan fingerprint density at radius 1 is 1.50 bits per heavy atom. The van der Waals surface area contributed by atoms with Gasteiger partial charge in [0, 0.05) is 13.1 Å². The smallest absolute Gasteiger partial charge is 0.407 e. The highest BCUT2D eigenvalue weighted by Gasteiger charge is 2.19. The number of carboxylic acid groups (broad SMARTS) is 1. The van der Waals surface area contributed by atoms with Crippen molar-refractivity contribution in [2.24, 2.45) is 0 Å². The number of hydrogen-bond donors (Lipinski definition) is 1. The number of carbonyl (C=O) groups is 1. The third kappa shape index (κ3) is 2.20. The molecule has 3 nitrogen and oxygen atoms in total. The molecule has 0 aliphatic carbocycles. The molecule has 0 unspecified atom stereocenters. The fourth-order valence-corrected chi connectivity index (χ4v) is 1.55. The van der Waals surface area contributed by atoms with Crippen molar-refractivity contribution in [3.63, 3.8) is 0 Å². The fourth-order valence-electron chi connectivity index (χ4n) is 1.16. The van der Waals surface area contributed by atoms with Crippen LogP contribution < -0.4 is 0 Å². The lowest BCUT2D eigenvalue weighted by Gasteiger charge is -2.25. The standard InChI is InChI=1S/C7H9BrFNO2/c8-6(9)5-1-3-10(4-2-5)7(11)12/h1-4H2,(H,11,12). The van der Waals surface area contributed by atoms with Gasteiger partial charge in [-0.1, -0.05) is 0 Å². The summed E-state index contributed by atoms with van der Waals surface area (Å²) in [5.74, 6) is 0. The maximum Gasteiger partial charge on any atom is 0.407 e. The summed E-state index contributed by atoms with van der Waals surface area (Å²) in [7, 11) is 0. The molecule has 5 heteroatoms. The number of likely N-dealkylation sites (tertiary alicyclic amines) is 1. The maximum atomic E-state index is 12.5.